The Bertz CT molecular complexity index is 162. The van der Waals surface area contributed by atoms with Crippen LogP contribution in [-0.2, 0) is 14.2 Å². The van der Waals surface area contributed by atoms with E-state index >= 15 is 0 Å². The standard InChI is InChI=1S/C10H18O3/c1-4-5-13-9(2)10(3)6-11-8-12-7-10/h4,9H,1,5-8H2,2-3H3. The van der Waals surface area contributed by atoms with Crippen molar-refractivity contribution in [3.8, 4) is 0 Å². The molecule has 0 aliphatic carbocycles. The minimum absolute atomic E-state index is 0.0265. The molecule has 0 saturated carbocycles. The number of rotatable bonds is 4. The fourth-order valence-corrected chi connectivity index (χ4v) is 1.30. The largest absolute Gasteiger partial charge is 0.374 e. The predicted octanol–water partition coefficient (Wildman–Crippen LogP) is 1.59. The summed E-state index contributed by atoms with van der Waals surface area (Å²) in [5, 5.41) is 0. The van der Waals surface area contributed by atoms with Gasteiger partial charge in [-0.25, -0.2) is 0 Å². The highest BCUT2D eigenvalue weighted by Gasteiger charge is 2.35. The number of hydrogen-bond acceptors (Lipinski definition) is 3. The first-order chi connectivity index (χ1) is 6.19. The van der Waals surface area contributed by atoms with Gasteiger partial charge >= 0.3 is 0 Å². The molecular formula is C10H18O3. The molecule has 13 heavy (non-hydrogen) atoms. The first-order valence-electron chi connectivity index (χ1n) is 4.57. The zero-order chi connectivity index (χ0) is 9.73. The number of ether oxygens (including phenoxy) is 3. The Kier molecular flexibility index (Phi) is 3.90. The van der Waals surface area contributed by atoms with E-state index in [9.17, 15) is 0 Å². The fraction of sp³-hybridized carbons (Fsp3) is 0.800. The molecular weight excluding hydrogens is 168 g/mol. The molecule has 0 N–H and O–H groups in total. The van der Waals surface area contributed by atoms with Gasteiger partial charge in [-0.3, -0.25) is 0 Å². The molecule has 0 amide bonds. The van der Waals surface area contributed by atoms with Crippen LogP contribution in [0.5, 0.6) is 0 Å². The van der Waals surface area contributed by atoms with Gasteiger partial charge in [0, 0.05) is 5.41 Å². The van der Waals surface area contributed by atoms with Gasteiger partial charge in [-0.05, 0) is 6.92 Å². The van der Waals surface area contributed by atoms with Gasteiger partial charge in [-0.1, -0.05) is 13.0 Å². The molecule has 3 heteroatoms. The molecule has 76 valence electrons. The van der Waals surface area contributed by atoms with Crippen LogP contribution < -0.4 is 0 Å². The highest BCUT2D eigenvalue weighted by Crippen LogP contribution is 2.27. The summed E-state index contributed by atoms with van der Waals surface area (Å²) in [4.78, 5) is 0. The summed E-state index contributed by atoms with van der Waals surface area (Å²) in [5.41, 5.74) is -0.0265. The quantitative estimate of drug-likeness (QED) is 0.624. The van der Waals surface area contributed by atoms with Gasteiger partial charge in [-0.2, -0.15) is 0 Å². The summed E-state index contributed by atoms with van der Waals surface area (Å²) < 4.78 is 16.1. The Morgan fingerprint density at radius 1 is 1.54 bits per heavy atom. The molecule has 1 aliphatic heterocycles. The molecule has 1 heterocycles. The SMILES string of the molecule is C=CCOC(C)C1(C)COCOC1. The summed E-state index contributed by atoms with van der Waals surface area (Å²) in [5.74, 6) is 0. The van der Waals surface area contributed by atoms with Crippen LogP contribution in [0.1, 0.15) is 13.8 Å². The molecule has 1 rings (SSSR count). The fourth-order valence-electron chi connectivity index (χ4n) is 1.30. The van der Waals surface area contributed by atoms with E-state index in [1.807, 2.05) is 6.92 Å². The summed E-state index contributed by atoms with van der Waals surface area (Å²) in [6.07, 6.45) is 1.88. The molecule has 0 aromatic heterocycles. The van der Waals surface area contributed by atoms with Crippen LogP contribution in [0.15, 0.2) is 12.7 Å². The van der Waals surface area contributed by atoms with Crippen molar-refractivity contribution in [2.45, 2.75) is 20.0 Å². The van der Waals surface area contributed by atoms with Crippen molar-refractivity contribution in [2.24, 2.45) is 5.41 Å². The molecule has 0 spiro atoms. The van der Waals surface area contributed by atoms with Crippen molar-refractivity contribution < 1.29 is 14.2 Å². The van der Waals surface area contributed by atoms with E-state index in [1.165, 1.54) is 0 Å². The lowest BCUT2D eigenvalue weighted by Gasteiger charge is -2.37. The molecule has 0 bridgehead atoms. The Hall–Kier alpha value is -0.380. The molecule has 0 aromatic carbocycles. The lowest BCUT2D eigenvalue weighted by atomic mass is 9.86. The zero-order valence-corrected chi connectivity index (χ0v) is 8.41. The van der Waals surface area contributed by atoms with Crippen molar-refractivity contribution in [1.29, 1.82) is 0 Å². The predicted molar refractivity (Wildman–Crippen MR) is 50.5 cm³/mol. The van der Waals surface area contributed by atoms with Gasteiger partial charge in [0.05, 0.1) is 25.9 Å². The van der Waals surface area contributed by atoms with Gasteiger partial charge in [0.15, 0.2) is 0 Å². The van der Waals surface area contributed by atoms with Crippen LogP contribution in [0.25, 0.3) is 0 Å². The van der Waals surface area contributed by atoms with E-state index in [1.54, 1.807) is 6.08 Å². The second kappa shape index (κ2) is 4.74. The van der Waals surface area contributed by atoms with Gasteiger partial charge in [0.2, 0.25) is 0 Å². The third-order valence-electron chi connectivity index (χ3n) is 2.48. The van der Waals surface area contributed by atoms with Crippen molar-refractivity contribution in [1.82, 2.24) is 0 Å². The molecule has 1 aliphatic rings. The van der Waals surface area contributed by atoms with Crippen LogP contribution >= 0.6 is 0 Å². The van der Waals surface area contributed by atoms with E-state index in [4.69, 9.17) is 14.2 Å². The Balaban J connectivity index is 2.41. The number of hydrogen-bond donors (Lipinski definition) is 0. The third-order valence-corrected chi connectivity index (χ3v) is 2.48. The second-order valence-corrected chi connectivity index (χ2v) is 3.73. The Morgan fingerprint density at radius 3 is 2.69 bits per heavy atom. The van der Waals surface area contributed by atoms with Crippen molar-refractivity contribution in [2.75, 3.05) is 26.6 Å². The molecule has 1 fully saturated rings. The van der Waals surface area contributed by atoms with Crippen molar-refractivity contribution in [3.05, 3.63) is 12.7 Å². The average Bonchev–Trinajstić information content (AvgIpc) is 2.15. The van der Waals surface area contributed by atoms with E-state index in [0.717, 1.165) is 0 Å². The van der Waals surface area contributed by atoms with Gasteiger partial charge in [-0.15, -0.1) is 6.58 Å². The summed E-state index contributed by atoms with van der Waals surface area (Å²) in [6, 6.07) is 0. The highest BCUT2D eigenvalue weighted by atomic mass is 16.7. The molecule has 1 unspecified atom stereocenters. The van der Waals surface area contributed by atoms with E-state index < -0.39 is 0 Å². The van der Waals surface area contributed by atoms with Crippen LogP contribution in [0, 0.1) is 5.41 Å². The molecule has 3 nitrogen and oxygen atoms in total. The summed E-state index contributed by atoms with van der Waals surface area (Å²) in [6.45, 7) is 10.2. The average molecular weight is 186 g/mol. The van der Waals surface area contributed by atoms with Gasteiger partial charge < -0.3 is 14.2 Å². The summed E-state index contributed by atoms with van der Waals surface area (Å²) >= 11 is 0. The van der Waals surface area contributed by atoms with Crippen molar-refractivity contribution in [3.63, 3.8) is 0 Å². The topological polar surface area (TPSA) is 27.7 Å². The maximum Gasteiger partial charge on any atom is 0.146 e. The highest BCUT2D eigenvalue weighted by molar-refractivity contribution is 4.82. The zero-order valence-electron chi connectivity index (χ0n) is 8.41. The van der Waals surface area contributed by atoms with Crippen LogP contribution in [0.3, 0.4) is 0 Å². The lowest BCUT2D eigenvalue weighted by molar-refractivity contribution is -0.192. The molecule has 0 aromatic rings. The van der Waals surface area contributed by atoms with E-state index in [2.05, 4.69) is 13.5 Å². The summed E-state index contributed by atoms with van der Waals surface area (Å²) in [7, 11) is 0. The van der Waals surface area contributed by atoms with Gasteiger partial charge in [0.1, 0.15) is 6.79 Å². The second-order valence-electron chi connectivity index (χ2n) is 3.73. The molecule has 0 radical (unpaired) electrons. The Morgan fingerprint density at radius 2 is 2.15 bits per heavy atom. The maximum atomic E-state index is 5.56. The van der Waals surface area contributed by atoms with Crippen LogP contribution in [-0.4, -0.2) is 32.7 Å². The monoisotopic (exact) mass is 186 g/mol. The Labute approximate surface area is 79.7 Å². The molecule has 1 atom stereocenters. The van der Waals surface area contributed by atoms with Crippen LogP contribution in [0.4, 0.5) is 0 Å². The lowest BCUT2D eigenvalue weighted by Crippen LogP contribution is -2.44. The first-order valence-corrected chi connectivity index (χ1v) is 4.57. The minimum atomic E-state index is -0.0265. The minimum Gasteiger partial charge on any atom is -0.374 e. The third kappa shape index (κ3) is 2.79. The normalized spacial score (nSPS) is 23.8. The van der Waals surface area contributed by atoms with E-state index in [-0.39, 0.29) is 11.5 Å². The first kappa shape index (κ1) is 10.7. The van der Waals surface area contributed by atoms with Crippen LogP contribution in [0.2, 0.25) is 0 Å². The maximum absolute atomic E-state index is 5.56. The van der Waals surface area contributed by atoms with E-state index in [0.29, 0.717) is 26.6 Å². The van der Waals surface area contributed by atoms with Gasteiger partial charge in [0.25, 0.3) is 0 Å². The molecule has 1 saturated heterocycles. The van der Waals surface area contributed by atoms with Crippen molar-refractivity contribution >= 4 is 0 Å². The smallest absolute Gasteiger partial charge is 0.146 e.